The van der Waals surface area contributed by atoms with Gasteiger partial charge in [-0.1, -0.05) is 38.1 Å². The van der Waals surface area contributed by atoms with E-state index >= 15 is 0 Å². The first-order valence-electron chi connectivity index (χ1n) is 8.08. The molecular formula is C19H31NO. The number of benzene rings is 1. The lowest BCUT2D eigenvalue weighted by molar-refractivity contribution is -0.317. The molecule has 0 aromatic heterocycles. The van der Waals surface area contributed by atoms with Crippen molar-refractivity contribution in [3.05, 3.63) is 35.4 Å². The normalized spacial score (nSPS) is 20.8. The second-order valence-electron chi connectivity index (χ2n) is 8.41. The van der Waals surface area contributed by atoms with Crippen molar-refractivity contribution in [1.29, 1.82) is 0 Å². The van der Waals surface area contributed by atoms with Gasteiger partial charge in [-0.3, -0.25) is 4.84 Å². The number of hydrogen-bond donors (Lipinski definition) is 0. The molecule has 1 aromatic rings. The molecule has 2 rings (SSSR count). The number of hydroxylamine groups is 2. The first-order valence-corrected chi connectivity index (χ1v) is 8.08. The van der Waals surface area contributed by atoms with Crippen molar-refractivity contribution in [2.45, 2.75) is 78.5 Å². The van der Waals surface area contributed by atoms with Crippen LogP contribution in [-0.4, -0.2) is 10.7 Å². The largest absolute Gasteiger partial charge is 0.291 e. The fourth-order valence-electron chi connectivity index (χ4n) is 3.96. The third kappa shape index (κ3) is 2.89. The molecule has 1 aliphatic rings. The Morgan fingerprint density at radius 2 is 1.43 bits per heavy atom. The average Bonchev–Trinajstić information content (AvgIpc) is 2.47. The van der Waals surface area contributed by atoms with Crippen molar-refractivity contribution < 1.29 is 4.84 Å². The molecule has 0 saturated carbocycles. The lowest BCUT2D eigenvalue weighted by atomic mass is 9.91. The maximum Gasteiger partial charge on any atom is 0.0847 e. The van der Waals surface area contributed by atoms with Crippen LogP contribution < -0.4 is 0 Å². The van der Waals surface area contributed by atoms with E-state index in [4.69, 9.17) is 4.84 Å². The van der Waals surface area contributed by atoms with Gasteiger partial charge in [0.1, 0.15) is 0 Å². The Labute approximate surface area is 130 Å². The van der Waals surface area contributed by atoms with Crippen molar-refractivity contribution in [3.8, 4) is 0 Å². The SMILES string of the molecule is CC(C)CC(C)(C)ON1C(C)(C)c2ccccc2C1(C)C. The van der Waals surface area contributed by atoms with Gasteiger partial charge in [0.05, 0.1) is 16.7 Å². The molecule has 1 heterocycles. The van der Waals surface area contributed by atoms with Gasteiger partial charge >= 0.3 is 0 Å². The van der Waals surface area contributed by atoms with E-state index in [2.05, 4.69) is 84.7 Å². The summed E-state index contributed by atoms with van der Waals surface area (Å²) in [7, 11) is 0. The molecule has 2 heteroatoms. The van der Waals surface area contributed by atoms with E-state index in [9.17, 15) is 0 Å². The molecule has 2 nitrogen and oxygen atoms in total. The van der Waals surface area contributed by atoms with E-state index in [0.29, 0.717) is 5.92 Å². The predicted octanol–water partition coefficient (Wildman–Crippen LogP) is 5.23. The van der Waals surface area contributed by atoms with E-state index in [-0.39, 0.29) is 16.7 Å². The van der Waals surface area contributed by atoms with E-state index < -0.39 is 0 Å². The van der Waals surface area contributed by atoms with E-state index in [0.717, 1.165) is 6.42 Å². The lowest BCUT2D eigenvalue weighted by Gasteiger charge is -2.44. The summed E-state index contributed by atoms with van der Waals surface area (Å²) in [4.78, 5) is 6.56. The molecule has 0 aliphatic carbocycles. The van der Waals surface area contributed by atoms with Gasteiger partial charge in [0, 0.05) is 0 Å². The van der Waals surface area contributed by atoms with Crippen LogP contribution in [0.3, 0.4) is 0 Å². The Morgan fingerprint density at radius 3 is 1.81 bits per heavy atom. The minimum atomic E-state index is -0.162. The fraction of sp³-hybridized carbons (Fsp3) is 0.684. The molecule has 1 aliphatic heterocycles. The highest BCUT2D eigenvalue weighted by Gasteiger charge is 2.51. The topological polar surface area (TPSA) is 12.5 Å². The molecule has 118 valence electrons. The molecule has 0 fully saturated rings. The molecule has 1 aromatic carbocycles. The molecule has 0 unspecified atom stereocenters. The van der Waals surface area contributed by atoms with Crippen LogP contribution in [0.15, 0.2) is 24.3 Å². The smallest absolute Gasteiger partial charge is 0.0847 e. The summed E-state index contributed by atoms with van der Waals surface area (Å²) in [5.74, 6) is 0.621. The first kappa shape index (κ1) is 16.5. The monoisotopic (exact) mass is 289 g/mol. The Bertz CT molecular complexity index is 479. The van der Waals surface area contributed by atoms with Gasteiger partial charge in [-0.2, -0.15) is 5.06 Å². The highest BCUT2D eigenvalue weighted by atomic mass is 16.7. The maximum atomic E-state index is 6.56. The second kappa shape index (κ2) is 5.10. The summed E-state index contributed by atoms with van der Waals surface area (Å²) < 4.78 is 0. The van der Waals surface area contributed by atoms with Gasteiger partial charge in [-0.25, -0.2) is 0 Å². The van der Waals surface area contributed by atoms with Gasteiger partial charge in [0.25, 0.3) is 0 Å². The van der Waals surface area contributed by atoms with Crippen molar-refractivity contribution in [1.82, 2.24) is 5.06 Å². The zero-order valence-corrected chi connectivity index (χ0v) is 14.9. The molecule has 0 spiro atoms. The Hall–Kier alpha value is -0.860. The quantitative estimate of drug-likeness (QED) is 0.752. The Balaban J connectivity index is 2.37. The zero-order chi connectivity index (χ0) is 16.1. The van der Waals surface area contributed by atoms with Gasteiger partial charge in [-0.15, -0.1) is 0 Å². The van der Waals surface area contributed by atoms with Gasteiger partial charge in [0.15, 0.2) is 0 Å². The summed E-state index contributed by atoms with van der Waals surface area (Å²) in [6, 6.07) is 8.71. The van der Waals surface area contributed by atoms with Crippen LogP contribution in [0.25, 0.3) is 0 Å². The molecular weight excluding hydrogens is 258 g/mol. The van der Waals surface area contributed by atoms with Crippen molar-refractivity contribution in [2.24, 2.45) is 5.92 Å². The van der Waals surface area contributed by atoms with E-state index in [1.54, 1.807) is 0 Å². The minimum absolute atomic E-state index is 0.117. The molecule has 0 N–H and O–H groups in total. The molecule has 21 heavy (non-hydrogen) atoms. The van der Waals surface area contributed by atoms with E-state index in [1.165, 1.54) is 11.1 Å². The molecule has 0 amide bonds. The Morgan fingerprint density at radius 1 is 1.00 bits per heavy atom. The van der Waals surface area contributed by atoms with Gasteiger partial charge in [0.2, 0.25) is 0 Å². The summed E-state index contributed by atoms with van der Waals surface area (Å²) in [6.45, 7) is 17.9. The summed E-state index contributed by atoms with van der Waals surface area (Å²) in [5.41, 5.74) is 2.35. The molecule has 0 bridgehead atoms. The maximum absolute atomic E-state index is 6.56. The first-order chi connectivity index (χ1) is 9.48. The summed E-state index contributed by atoms with van der Waals surface area (Å²) in [6.07, 6.45) is 1.05. The highest BCUT2D eigenvalue weighted by molar-refractivity contribution is 5.42. The van der Waals surface area contributed by atoms with Gasteiger partial charge < -0.3 is 0 Å². The van der Waals surface area contributed by atoms with Crippen molar-refractivity contribution >= 4 is 0 Å². The highest BCUT2D eigenvalue weighted by Crippen LogP contribution is 2.50. The van der Waals surface area contributed by atoms with Crippen molar-refractivity contribution in [3.63, 3.8) is 0 Å². The summed E-state index contributed by atoms with van der Waals surface area (Å²) >= 11 is 0. The van der Waals surface area contributed by atoms with Crippen LogP contribution in [0.2, 0.25) is 0 Å². The second-order valence-corrected chi connectivity index (χ2v) is 8.41. The van der Waals surface area contributed by atoms with Crippen LogP contribution in [0.1, 0.15) is 72.9 Å². The van der Waals surface area contributed by atoms with Crippen molar-refractivity contribution in [2.75, 3.05) is 0 Å². The third-order valence-electron chi connectivity index (χ3n) is 4.50. The number of nitrogens with zero attached hydrogens (tertiary/aromatic N) is 1. The van der Waals surface area contributed by atoms with Gasteiger partial charge in [-0.05, 0) is 65.0 Å². The number of hydrogen-bond acceptors (Lipinski definition) is 2. The van der Waals surface area contributed by atoms with Crippen LogP contribution in [0, 0.1) is 5.92 Å². The molecule has 0 saturated heterocycles. The van der Waals surface area contributed by atoms with Crippen LogP contribution >= 0.6 is 0 Å². The molecule has 0 radical (unpaired) electrons. The molecule has 0 atom stereocenters. The zero-order valence-electron chi connectivity index (χ0n) is 14.9. The average molecular weight is 289 g/mol. The van der Waals surface area contributed by atoms with Crippen LogP contribution in [0.5, 0.6) is 0 Å². The fourth-order valence-corrected chi connectivity index (χ4v) is 3.96. The lowest BCUT2D eigenvalue weighted by Crippen LogP contribution is -2.50. The summed E-state index contributed by atoms with van der Waals surface area (Å²) in [5, 5.41) is 2.22. The number of fused-ring (bicyclic) bond motifs is 1. The predicted molar refractivity (Wildman–Crippen MR) is 89.0 cm³/mol. The third-order valence-corrected chi connectivity index (χ3v) is 4.50. The Kier molecular flexibility index (Phi) is 4.01. The minimum Gasteiger partial charge on any atom is -0.291 e. The van der Waals surface area contributed by atoms with E-state index in [1.807, 2.05) is 0 Å². The van der Waals surface area contributed by atoms with Crippen LogP contribution in [-0.2, 0) is 15.9 Å². The van der Waals surface area contributed by atoms with Crippen LogP contribution in [0.4, 0.5) is 0 Å². The number of rotatable bonds is 4. The standard InChI is InChI=1S/C19H31NO/c1-14(2)13-17(3,4)21-20-18(5,6)15-11-9-10-12-16(15)19(20,7)8/h9-12,14H,13H2,1-8H3.